The van der Waals surface area contributed by atoms with Crippen LogP contribution in [0.5, 0.6) is 11.5 Å². The highest BCUT2D eigenvalue weighted by molar-refractivity contribution is 5.86. The quantitative estimate of drug-likeness (QED) is 0.452. The first-order chi connectivity index (χ1) is 8.56. The number of benzene rings is 1. The molecular weight excluding hydrogens is 234 g/mol. The molecule has 0 N–H and O–H groups in total. The van der Waals surface area contributed by atoms with Crippen molar-refractivity contribution in [2.24, 2.45) is 0 Å². The molecule has 1 aromatic carbocycles. The van der Waals surface area contributed by atoms with Gasteiger partial charge in [0.2, 0.25) is 5.76 Å². The molecule has 0 unspecified atom stereocenters. The fourth-order valence-corrected chi connectivity index (χ4v) is 1.25. The van der Waals surface area contributed by atoms with Gasteiger partial charge in [0.05, 0.1) is 14.2 Å². The number of nitrogens with zero attached hydrogens (tertiary/aromatic N) is 1. The van der Waals surface area contributed by atoms with Crippen LogP contribution in [-0.4, -0.2) is 39.2 Å². The molecule has 18 heavy (non-hydrogen) atoms. The molecule has 98 valence electrons. The summed E-state index contributed by atoms with van der Waals surface area (Å²) in [6.45, 7) is 0. The first kappa shape index (κ1) is 13.9. The van der Waals surface area contributed by atoms with Crippen molar-refractivity contribution < 1.29 is 19.0 Å². The highest BCUT2D eigenvalue weighted by Crippen LogP contribution is 2.21. The number of carbonyl (C=O) groups is 1. The zero-order chi connectivity index (χ0) is 13.5. The van der Waals surface area contributed by atoms with Crippen LogP contribution in [0.2, 0.25) is 0 Å². The lowest BCUT2D eigenvalue weighted by Gasteiger charge is -2.12. The molecule has 0 aliphatic carbocycles. The number of ether oxygens (including phenoxy) is 3. The van der Waals surface area contributed by atoms with Crippen molar-refractivity contribution in [2.45, 2.75) is 0 Å². The smallest absolute Gasteiger partial charge is 0.375 e. The lowest BCUT2D eigenvalue weighted by atomic mass is 10.3. The maximum absolute atomic E-state index is 11.5. The van der Waals surface area contributed by atoms with Crippen molar-refractivity contribution in [1.29, 1.82) is 0 Å². The molecule has 0 aliphatic rings. The molecule has 0 heterocycles. The largest absolute Gasteiger partial charge is 0.497 e. The molecule has 0 spiro atoms. The van der Waals surface area contributed by atoms with Crippen molar-refractivity contribution in [2.75, 3.05) is 28.3 Å². The highest BCUT2D eigenvalue weighted by Gasteiger charge is 2.13. The number of methoxy groups -OCH3 is 2. The molecule has 1 rings (SSSR count). The van der Waals surface area contributed by atoms with Crippen LogP contribution in [0.4, 0.5) is 0 Å². The Morgan fingerprint density at radius 1 is 1.22 bits per heavy atom. The SMILES string of the molecule is COC(=O)/C(=C/N(C)C)Oc1cccc(OC)c1. The Morgan fingerprint density at radius 2 is 1.89 bits per heavy atom. The van der Waals surface area contributed by atoms with E-state index in [-0.39, 0.29) is 5.76 Å². The van der Waals surface area contributed by atoms with Gasteiger partial charge < -0.3 is 19.1 Å². The average molecular weight is 251 g/mol. The van der Waals surface area contributed by atoms with Gasteiger partial charge in [-0.1, -0.05) is 6.07 Å². The standard InChI is InChI=1S/C13H17NO4/c1-14(2)9-12(13(15)17-4)18-11-7-5-6-10(8-11)16-3/h5-9H,1-4H3/b12-9-. The van der Waals surface area contributed by atoms with Gasteiger partial charge in [0, 0.05) is 26.4 Å². The zero-order valence-corrected chi connectivity index (χ0v) is 11.0. The van der Waals surface area contributed by atoms with Crippen LogP contribution in [0, 0.1) is 0 Å². The molecule has 1 aromatic rings. The summed E-state index contributed by atoms with van der Waals surface area (Å²) in [6.07, 6.45) is 1.55. The number of esters is 1. The molecule has 0 aliphatic heterocycles. The van der Waals surface area contributed by atoms with E-state index in [1.165, 1.54) is 7.11 Å². The molecule has 0 aromatic heterocycles. The lowest BCUT2D eigenvalue weighted by molar-refractivity contribution is -0.138. The second kappa shape index (κ2) is 6.54. The first-order valence-corrected chi connectivity index (χ1v) is 5.35. The van der Waals surface area contributed by atoms with Crippen molar-refractivity contribution >= 4 is 5.97 Å². The predicted molar refractivity (Wildman–Crippen MR) is 67.4 cm³/mol. The van der Waals surface area contributed by atoms with E-state index in [4.69, 9.17) is 9.47 Å². The molecule has 0 bridgehead atoms. The molecule has 0 radical (unpaired) electrons. The molecule has 5 heteroatoms. The average Bonchev–Trinajstić information content (AvgIpc) is 2.36. The van der Waals surface area contributed by atoms with E-state index >= 15 is 0 Å². The molecule has 0 saturated carbocycles. The van der Waals surface area contributed by atoms with Gasteiger partial charge in [-0.05, 0) is 12.1 Å². The van der Waals surface area contributed by atoms with Crippen LogP contribution in [0.25, 0.3) is 0 Å². The Bertz CT molecular complexity index is 440. The normalized spacial score (nSPS) is 10.8. The van der Waals surface area contributed by atoms with Gasteiger partial charge in [0.25, 0.3) is 0 Å². The summed E-state index contributed by atoms with van der Waals surface area (Å²) in [5.41, 5.74) is 0. The Hall–Kier alpha value is -2.17. The first-order valence-electron chi connectivity index (χ1n) is 5.35. The minimum absolute atomic E-state index is 0.107. The Morgan fingerprint density at radius 3 is 2.44 bits per heavy atom. The van der Waals surface area contributed by atoms with E-state index in [2.05, 4.69) is 4.74 Å². The molecule has 0 fully saturated rings. The molecule has 0 saturated heterocycles. The van der Waals surface area contributed by atoms with E-state index in [1.54, 1.807) is 56.6 Å². The van der Waals surface area contributed by atoms with Crippen LogP contribution in [0.3, 0.4) is 0 Å². The van der Waals surface area contributed by atoms with Crippen LogP contribution in [0.1, 0.15) is 0 Å². The van der Waals surface area contributed by atoms with Gasteiger partial charge in [0.1, 0.15) is 11.5 Å². The monoisotopic (exact) mass is 251 g/mol. The van der Waals surface area contributed by atoms with Gasteiger partial charge in [-0.3, -0.25) is 0 Å². The summed E-state index contributed by atoms with van der Waals surface area (Å²) < 4.78 is 15.2. The van der Waals surface area contributed by atoms with Gasteiger partial charge in [0.15, 0.2) is 0 Å². The number of hydrogen-bond acceptors (Lipinski definition) is 5. The van der Waals surface area contributed by atoms with Crippen molar-refractivity contribution in [1.82, 2.24) is 4.90 Å². The van der Waals surface area contributed by atoms with Gasteiger partial charge in [-0.25, -0.2) is 4.79 Å². The summed E-state index contributed by atoms with van der Waals surface area (Å²) in [4.78, 5) is 13.2. The second-order valence-electron chi connectivity index (χ2n) is 3.73. The molecular formula is C13H17NO4. The molecule has 0 amide bonds. The number of hydrogen-bond donors (Lipinski definition) is 0. The summed E-state index contributed by atoms with van der Waals surface area (Å²) in [5, 5.41) is 0. The van der Waals surface area contributed by atoms with Gasteiger partial charge in [-0.15, -0.1) is 0 Å². The van der Waals surface area contributed by atoms with Crippen LogP contribution in [0.15, 0.2) is 36.2 Å². The number of carbonyl (C=O) groups excluding carboxylic acids is 1. The van der Waals surface area contributed by atoms with E-state index < -0.39 is 5.97 Å². The molecule has 0 atom stereocenters. The van der Waals surface area contributed by atoms with Crippen molar-refractivity contribution in [3.63, 3.8) is 0 Å². The highest BCUT2D eigenvalue weighted by atomic mass is 16.6. The minimum Gasteiger partial charge on any atom is -0.497 e. The van der Waals surface area contributed by atoms with E-state index in [9.17, 15) is 4.79 Å². The third-order valence-corrected chi connectivity index (χ3v) is 2.03. The minimum atomic E-state index is -0.536. The fourth-order valence-electron chi connectivity index (χ4n) is 1.25. The van der Waals surface area contributed by atoms with E-state index in [0.717, 1.165) is 0 Å². The third-order valence-electron chi connectivity index (χ3n) is 2.03. The van der Waals surface area contributed by atoms with Crippen LogP contribution >= 0.6 is 0 Å². The third kappa shape index (κ3) is 4.01. The topological polar surface area (TPSA) is 48.0 Å². The van der Waals surface area contributed by atoms with E-state index in [0.29, 0.717) is 11.5 Å². The Kier molecular flexibility index (Phi) is 5.05. The Labute approximate surface area is 107 Å². The number of rotatable bonds is 5. The summed E-state index contributed by atoms with van der Waals surface area (Å²) in [5.74, 6) is 0.733. The Balaban J connectivity index is 2.92. The lowest BCUT2D eigenvalue weighted by Crippen LogP contribution is -2.15. The maximum Gasteiger partial charge on any atom is 0.375 e. The summed E-state index contributed by atoms with van der Waals surface area (Å²) in [6, 6.07) is 6.99. The van der Waals surface area contributed by atoms with Gasteiger partial charge in [-0.2, -0.15) is 0 Å². The van der Waals surface area contributed by atoms with Crippen LogP contribution in [-0.2, 0) is 9.53 Å². The summed E-state index contributed by atoms with van der Waals surface area (Å²) >= 11 is 0. The van der Waals surface area contributed by atoms with Gasteiger partial charge >= 0.3 is 5.97 Å². The van der Waals surface area contributed by atoms with Crippen LogP contribution < -0.4 is 9.47 Å². The maximum atomic E-state index is 11.5. The second-order valence-corrected chi connectivity index (χ2v) is 3.73. The van der Waals surface area contributed by atoms with E-state index in [1.807, 2.05) is 0 Å². The fraction of sp³-hybridized carbons (Fsp3) is 0.308. The molecule has 5 nitrogen and oxygen atoms in total. The van der Waals surface area contributed by atoms with Crippen molar-refractivity contribution in [3.8, 4) is 11.5 Å². The predicted octanol–water partition coefficient (Wildman–Crippen LogP) is 1.65. The zero-order valence-electron chi connectivity index (χ0n) is 11.0. The van der Waals surface area contributed by atoms with Crippen molar-refractivity contribution in [3.05, 3.63) is 36.2 Å². The summed E-state index contributed by atoms with van der Waals surface area (Å²) in [7, 11) is 6.45.